The number of rotatable bonds is 3. The molecule has 2 rings (SSSR count). The van der Waals surface area contributed by atoms with Crippen LogP contribution in [0.4, 0.5) is 0 Å². The third-order valence-corrected chi connectivity index (χ3v) is 3.27. The van der Waals surface area contributed by atoms with Gasteiger partial charge in [0.15, 0.2) is 0 Å². The topological polar surface area (TPSA) is 102 Å². The molecule has 0 saturated carbocycles. The molecule has 8 heteroatoms. The first-order chi connectivity index (χ1) is 8.47. The normalized spacial score (nSPS) is 20.8. The van der Waals surface area contributed by atoms with Crippen molar-refractivity contribution >= 4 is 16.1 Å². The van der Waals surface area contributed by atoms with Crippen LogP contribution in [-0.4, -0.2) is 38.0 Å². The molecule has 1 atom stereocenters. The second-order valence-electron chi connectivity index (χ2n) is 3.86. The molecule has 0 unspecified atom stereocenters. The molecule has 0 aliphatic carbocycles. The molecule has 1 aliphatic heterocycles. The van der Waals surface area contributed by atoms with Crippen molar-refractivity contribution in [2.45, 2.75) is 6.04 Å². The lowest BCUT2D eigenvalue weighted by Gasteiger charge is -2.11. The van der Waals surface area contributed by atoms with E-state index >= 15 is 0 Å². The standard InChI is InChI=1S/C10H13N3O4S/c11-18(15,16)13-6-9(7-17-13)12-10(14)8-4-2-1-3-5-8/h1-5,9H,6-7H2,(H,12,14)(H2,11,15,16)/t9-/m0/s1. The zero-order valence-corrected chi connectivity index (χ0v) is 10.3. The minimum atomic E-state index is -3.88. The molecule has 7 nitrogen and oxygen atoms in total. The molecule has 0 bridgehead atoms. The molecule has 1 saturated heterocycles. The Balaban J connectivity index is 1.95. The molecule has 1 amide bonds. The van der Waals surface area contributed by atoms with Gasteiger partial charge < -0.3 is 5.32 Å². The van der Waals surface area contributed by atoms with Crippen LogP contribution in [0.2, 0.25) is 0 Å². The molecule has 1 aromatic rings. The van der Waals surface area contributed by atoms with E-state index < -0.39 is 16.3 Å². The van der Waals surface area contributed by atoms with E-state index in [2.05, 4.69) is 5.32 Å². The van der Waals surface area contributed by atoms with Crippen LogP contribution in [-0.2, 0) is 15.0 Å². The van der Waals surface area contributed by atoms with Gasteiger partial charge in [-0.2, -0.15) is 8.42 Å². The fraction of sp³-hybridized carbons (Fsp3) is 0.300. The molecule has 1 aromatic carbocycles. The van der Waals surface area contributed by atoms with Gasteiger partial charge in [0.1, 0.15) is 0 Å². The molecule has 1 heterocycles. The quantitative estimate of drug-likeness (QED) is 0.754. The first-order valence-corrected chi connectivity index (χ1v) is 6.76. The summed E-state index contributed by atoms with van der Waals surface area (Å²) in [6, 6.07) is 8.23. The van der Waals surface area contributed by atoms with E-state index in [-0.39, 0.29) is 19.1 Å². The molecule has 0 radical (unpaired) electrons. The lowest BCUT2D eigenvalue weighted by Crippen LogP contribution is -2.40. The maximum Gasteiger partial charge on any atom is 0.299 e. The van der Waals surface area contributed by atoms with Gasteiger partial charge in [-0.1, -0.05) is 22.7 Å². The van der Waals surface area contributed by atoms with Gasteiger partial charge >= 0.3 is 0 Å². The zero-order valence-electron chi connectivity index (χ0n) is 9.44. The zero-order chi connectivity index (χ0) is 13.2. The van der Waals surface area contributed by atoms with E-state index in [1.54, 1.807) is 30.3 Å². The summed E-state index contributed by atoms with van der Waals surface area (Å²) in [5.41, 5.74) is 0.506. The summed E-state index contributed by atoms with van der Waals surface area (Å²) >= 11 is 0. The van der Waals surface area contributed by atoms with E-state index in [9.17, 15) is 13.2 Å². The Morgan fingerprint density at radius 1 is 1.39 bits per heavy atom. The third kappa shape index (κ3) is 3.05. The summed E-state index contributed by atoms with van der Waals surface area (Å²) in [6.07, 6.45) is 0. The fourth-order valence-electron chi connectivity index (χ4n) is 1.58. The highest BCUT2D eigenvalue weighted by Crippen LogP contribution is 2.09. The van der Waals surface area contributed by atoms with Crippen LogP contribution in [0.1, 0.15) is 10.4 Å². The third-order valence-electron chi connectivity index (χ3n) is 2.44. The van der Waals surface area contributed by atoms with Crippen LogP contribution < -0.4 is 10.5 Å². The van der Waals surface area contributed by atoms with Gasteiger partial charge in [-0.05, 0) is 12.1 Å². The Bertz CT molecular complexity index is 531. The number of carbonyl (C=O) groups is 1. The summed E-state index contributed by atoms with van der Waals surface area (Å²) in [6.45, 7) is 0.0897. The highest BCUT2D eigenvalue weighted by atomic mass is 32.2. The summed E-state index contributed by atoms with van der Waals surface area (Å²) in [5, 5.41) is 7.58. The minimum Gasteiger partial charge on any atom is -0.345 e. The summed E-state index contributed by atoms with van der Waals surface area (Å²) in [7, 11) is -3.88. The van der Waals surface area contributed by atoms with Crippen molar-refractivity contribution in [2.75, 3.05) is 13.2 Å². The number of carbonyl (C=O) groups excluding carboxylic acids is 1. The highest BCUT2D eigenvalue weighted by Gasteiger charge is 2.31. The van der Waals surface area contributed by atoms with Crippen molar-refractivity contribution in [1.29, 1.82) is 0 Å². The van der Waals surface area contributed by atoms with Crippen LogP contribution in [0.25, 0.3) is 0 Å². The van der Waals surface area contributed by atoms with Gasteiger partial charge in [0.25, 0.3) is 16.1 Å². The summed E-state index contributed by atoms with van der Waals surface area (Å²) in [4.78, 5) is 16.7. The van der Waals surface area contributed by atoms with Crippen molar-refractivity contribution in [1.82, 2.24) is 9.79 Å². The maximum atomic E-state index is 11.8. The average molecular weight is 271 g/mol. The molecule has 1 fully saturated rings. The Morgan fingerprint density at radius 2 is 2.06 bits per heavy atom. The predicted molar refractivity (Wildman–Crippen MR) is 63.5 cm³/mol. The Labute approximate surface area is 105 Å². The number of hydrogen-bond donors (Lipinski definition) is 2. The van der Waals surface area contributed by atoms with Gasteiger partial charge in [-0.25, -0.2) is 5.14 Å². The number of nitrogens with two attached hydrogens (primary N) is 1. The molecule has 0 aromatic heterocycles. The van der Waals surface area contributed by atoms with Gasteiger partial charge in [0, 0.05) is 5.56 Å². The number of nitrogens with one attached hydrogen (secondary N) is 1. The molecule has 18 heavy (non-hydrogen) atoms. The van der Waals surface area contributed by atoms with Crippen molar-refractivity contribution in [3.63, 3.8) is 0 Å². The van der Waals surface area contributed by atoms with E-state index in [4.69, 9.17) is 9.98 Å². The van der Waals surface area contributed by atoms with E-state index in [0.29, 0.717) is 10.0 Å². The fourth-order valence-corrected chi connectivity index (χ4v) is 2.18. The minimum absolute atomic E-state index is 0.0113. The number of amides is 1. The van der Waals surface area contributed by atoms with Crippen molar-refractivity contribution < 1.29 is 18.0 Å². The van der Waals surface area contributed by atoms with Crippen LogP contribution >= 0.6 is 0 Å². The summed E-state index contributed by atoms with van der Waals surface area (Å²) in [5.74, 6) is -0.277. The van der Waals surface area contributed by atoms with E-state index in [0.717, 1.165) is 0 Å². The van der Waals surface area contributed by atoms with Crippen LogP contribution in [0, 0.1) is 0 Å². The van der Waals surface area contributed by atoms with Gasteiger partial charge in [0.05, 0.1) is 19.2 Å². The van der Waals surface area contributed by atoms with Crippen molar-refractivity contribution in [3.8, 4) is 0 Å². The lowest BCUT2D eigenvalue weighted by atomic mass is 10.2. The Hall–Kier alpha value is -1.48. The molecule has 3 N–H and O–H groups in total. The van der Waals surface area contributed by atoms with E-state index in [1.807, 2.05) is 0 Å². The molecule has 1 aliphatic rings. The second-order valence-corrected chi connectivity index (χ2v) is 5.30. The number of hydrogen-bond acceptors (Lipinski definition) is 4. The monoisotopic (exact) mass is 271 g/mol. The van der Waals surface area contributed by atoms with Crippen LogP contribution in [0.5, 0.6) is 0 Å². The van der Waals surface area contributed by atoms with Gasteiger partial charge in [0.2, 0.25) is 0 Å². The SMILES string of the molecule is NS(=O)(=O)N1C[C@H](NC(=O)c2ccccc2)CO1. The van der Waals surface area contributed by atoms with Crippen LogP contribution in [0.15, 0.2) is 30.3 Å². The van der Waals surface area contributed by atoms with Crippen molar-refractivity contribution in [2.24, 2.45) is 5.14 Å². The smallest absolute Gasteiger partial charge is 0.299 e. The second kappa shape index (κ2) is 5.02. The predicted octanol–water partition coefficient (Wildman–Crippen LogP) is -0.764. The number of nitrogens with zero attached hydrogens (tertiary/aromatic N) is 1. The van der Waals surface area contributed by atoms with E-state index in [1.165, 1.54) is 0 Å². The first kappa shape index (κ1) is 13.0. The number of benzene rings is 1. The molecular formula is C10H13N3O4S. The Morgan fingerprint density at radius 3 is 2.61 bits per heavy atom. The lowest BCUT2D eigenvalue weighted by molar-refractivity contribution is -0.0290. The van der Waals surface area contributed by atoms with Gasteiger partial charge in [-0.15, -0.1) is 0 Å². The Kier molecular flexibility index (Phi) is 3.62. The van der Waals surface area contributed by atoms with Crippen LogP contribution in [0.3, 0.4) is 0 Å². The van der Waals surface area contributed by atoms with Gasteiger partial charge in [-0.3, -0.25) is 9.63 Å². The summed E-state index contributed by atoms with van der Waals surface area (Å²) < 4.78 is 22.7. The average Bonchev–Trinajstić information content (AvgIpc) is 2.78. The van der Waals surface area contributed by atoms with Crippen molar-refractivity contribution in [3.05, 3.63) is 35.9 Å². The number of hydroxylamine groups is 1. The molecule has 0 spiro atoms. The molecule has 98 valence electrons. The maximum absolute atomic E-state index is 11.8. The largest absolute Gasteiger partial charge is 0.345 e. The molecular weight excluding hydrogens is 258 g/mol. The highest BCUT2D eigenvalue weighted by molar-refractivity contribution is 7.86. The first-order valence-electron chi connectivity index (χ1n) is 5.26.